The molecule has 1 saturated heterocycles. The number of hydrogen-bond acceptors (Lipinski definition) is 2. The Kier molecular flexibility index (Phi) is 2.08. The molecular formula is C13H18N2. The molecule has 80 valence electrons. The SMILES string of the molecule is Cc1ccc(CC2NCC3C(N)C23)cc1. The average molecular weight is 202 g/mol. The number of benzene rings is 1. The molecule has 2 heteroatoms. The zero-order chi connectivity index (χ0) is 10.4. The Bertz CT molecular complexity index is 357. The zero-order valence-electron chi connectivity index (χ0n) is 9.11. The molecule has 4 unspecified atom stereocenters. The van der Waals surface area contributed by atoms with E-state index in [0.29, 0.717) is 12.1 Å². The Morgan fingerprint density at radius 3 is 2.67 bits per heavy atom. The van der Waals surface area contributed by atoms with Crippen molar-refractivity contribution in [1.82, 2.24) is 5.32 Å². The molecule has 2 nitrogen and oxygen atoms in total. The lowest BCUT2D eigenvalue weighted by atomic mass is 10.0. The third kappa shape index (κ3) is 1.58. The van der Waals surface area contributed by atoms with Gasteiger partial charge >= 0.3 is 0 Å². The van der Waals surface area contributed by atoms with Crippen LogP contribution in [0, 0.1) is 18.8 Å². The van der Waals surface area contributed by atoms with Crippen molar-refractivity contribution in [3.8, 4) is 0 Å². The molecule has 0 bridgehead atoms. The molecular weight excluding hydrogens is 184 g/mol. The number of aryl methyl sites for hydroxylation is 1. The van der Waals surface area contributed by atoms with E-state index in [9.17, 15) is 0 Å². The lowest BCUT2D eigenvalue weighted by Gasteiger charge is -2.14. The normalized spacial score (nSPS) is 37.7. The molecule has 2 aliphatic rings. The minimum atomic E-state index is 0.474. The van der Waals surface area contributed by atoms with Gasteiger partial charge in [0.15, 0.2) is 0 Å². The lowest BCUT2D eigenvalue weighted by molar-refractivity contribution is 0.510. The predicted molar refractivity (Wildman–Crippen MR) is 61.6 cm³/mol. The zero-order valence-corrected chi connectivity index (χ0v) is 9.11. The molecule has 1 aliphatic heterocycles. The Hall–Kier alpha value is -0.860. The van der Waals surface area contributed by atoms with Crippen LogP contribution >= 0.6 is 0 Å². The van der Waals surface area contributed by atoms with Crippen molar-refractivity contribution in [3.05, 3.63) is 35.4 Å². The largest absolute Gasteiger partial charge is 0.327 e. The van der Waals surface area contributed by atoms with E-state index in [4.69, 9.17) is 5.73 Å². The molecule has 15 heavy (non-hydrogen) atoms. The molecule has 0 spiro atoms. The summed E-state index contributed by atoms with van der Waals surface area (Å²) in [6.07, 6.45) is 1.13. The van der Waals surface area contributed by atoms with Crippen molar-refractivity contribution in [1.29, 1.82) is 0 Å². The van der Waals surface area contributed by atoms with Gasteiger partial charge < -0.3 is 11.1 Å². The van der Waals surface area contributed by atoms with E-state index in [0.717, 1.165) is 24.8 Å². The first-order valence-electron chi connectivity index (χ1n) is 5.80. The van der Waals surface area contributed by atoms with Gasteiger partial charge in [0.2, 0.25) is 0 Å². The van der Waals surface area contributed by atoms with Crippen LogP contribution < -0.4 is 11.1 Å². The highest BCUT2D eigenvalue weighted by atomic mass is 15.1. The summed E-state index contributed by atoms with van der Waals surface area (Å²) in [5, 5.41) is 3.57. The second kappa shape index (κ2) is 3.32. The van der Waals surface area contributed by atoms with Crippen molar-refractivity contribution in [3.63, 3.8) is 0 Å². The molecule has 1 aliphatic carbocycles. The number of fused-ring (bicyclic) bond motifs is 1. The second-order valence-electron chi connectivity index (χ2n) is 5.02. The van der Waals surface area contributed by atoms with Crippen LogP contribution in [0.1, 0.15) is 11.1 Å². The van der Waals surface area contributed by atoms with Crippen LogP contribution in [0.15, 0.2) is 24.3 Å². The molecule has 0 amide bonds. The maximum Gasteiger partial charge on any atom is 0.0154 e. The highest BCUT2D eigenvalue weighted by molar-refractivity contribution is 5.24. The minimum Gasteiger partial charge on any atom is -0.327 e. The molecule has 1 aromatic carbocycles. The maximum atomic E-state index is 6.00. The molecule has 2 fully saturated rings. The first-order chi connectivity index (χ1) is 7.25. The highest BCUT2D eigenvalue weighted by Crippen LogP contribution is 2.44. The Morgan fingerprint density at radius 1 is 1.33 bits per heavy atom. The van der Waals surface area contributed by atoms with Gasteiger partial charge in [0, 0.05) is 18.6 Å². The summed E-state index contributed by atoms with van der Waals surface area (Å²) in [4.78, 5) is 0. The first-order valence-corrected chi connectivity index (χ1v) is 5.80. The number of rotatable bonds is 2. The highest BCUT2D eigenvalue weighted by Gasteiger charge is 2.55. The lowest BCUT2D eigenvalue weighted by Crippen LogP contribution is -2.33. The van der Waals surface area contributed by atoms with Crippen molar-refractivity contribution in [2.75, 3.05) is 6.54 Å². The average Bonchev–Trinajstić information content (AvgIpc) is 2.70. The van der Waals surface area contributed by atoms with Gasteiger partial charge in [-0.25, -0.2) is 0 Å². The van der Waals surface area contributed by atoms with E-state index in [2.05, 4.69) is 36.5 Å². The van der Waals surface area contributed by atoms with E-state index < -0.39 is 0 Å². The van der Waals surface area contributed by atoms with Gasteiger partial charge in [-0.05, 0) is 30.7 Å². The van der Waals surface area contributed by atoms with E-state index >= 15 is 0 Å². The van der Waals surface area contributed by atoms with Crippen LogP contribution in [0.4, 0.5) is 0 Å². The first kappa shape index (κ1) is 9.37. The van der Waals surface area contributed by atoms with Crippen molar-refractivity contribution >= 4 is 0 Å². The number of piperidine rings is 1. The standard InChI is InChI=1S/C13H18N2/c1-8-2-4-9(5-3-8)6-11-12-10(7-15-11)13(12)14/h2-5,10-13,15H,6-7,14H2,1H3. The van der Waals surface area contributed by atoms with E-state index in [1.165, 1.54) is 11.1 Å². The molecule has 4 atom stereocenters. The summed E-state index contributed by atoms with van der Waals surface area (Å²) in [5.74, 6) is 1.51. The van der Waals surface area contributed by atoms with E-state index in [1.54, 1.807) is 0 Å². The fraction of sp³-hybridized carbons (Fsp3) is 0.538. The third-order valence-electron chi connectivity index (χ3n) is 3.95. The van der Waals surface area contributed by atoms with Gasteiger partial charge in [0.1, 0.15) is 0 Å². The van der Waals surface area contributed by atoms with Crippen LogP contribution in [0.25, 0.3) is 0 Å². The summed E-state index contributed by atoms with van der Waals surface area (Å²) in [5.41, 5.74) is 8.76. The number of hydrogen-bond donors (Lipinski definition) is 2. The third-order valence-corrected chi connectivity index (χ3v) is 3.95. The van der Waals surface area contributed by atoms with Gasteiger partial charge in [-0.3, -0.25) is 0 Å². The second-order valence-corrected chi connectivity index (χ2v) is 5.02. The smallest absolute Gasteiger partial charge is 0.0154 e. The fourth-order valence-electron chi connectivity index (χ4n) is 2.88. The Balaban J connectivity index is 1.68. The Labute approximate surface area is 90.9 Å². The summed E-state index contributed by atoms with van der Waals surface area (Å²) in [7, 11) is 0. The molecule has 1 aromatic rings. The van der Waals surface area contributed by atoms with Gasteiger partial charge in [-0.2, -0.15) is 0 Å². The van der Waals surface area contributed by atoms with Crippen LogP contribution in [0.3, 0.4) is 0 Å². The maximum absolute atomic E-state index is 6.00. The summed E-state index contributed by atoms with van der Waals surface area (Å²) < 4.78 is 0. The monoisotopic (exact) mass is 202 g/mol. The summed E-state index contributed by atoms with van der Waals surface area (Å²) in [6.45, 7) is 3.26. The van der Waals surface area contributed by atoms with Crippen LogP contribution in [0.5, 0.6) is 0 Å². The van der Waals surface area contributed by atoms with Gasteiger partial charge in [0.05, 0.1) is 0 Å². The molecule has 1 saturated carbocycles. The molecule has 1 heterocycles. The minimum absolute atomic E-state index is 0.474. The van der Waals surface area contributed by atoms with Gasteiger partial charge in [0.25, 0.3) is 0 Å². The van der Waals surface area contributed by atoms with Crippen LogP contribution in [-0.4, -0.2) is 18.6 Å². The molecule has 0 aromatic heterocycles. The fourth-order valence-corrected chi connectivity index (χ4v) is 2.88. The van der Waals surface area contributed by atoms with E-state index in [1.807, 2.05) is 0 Å². The van der Waals surface area contributed by atoms with Crippen molar-refractivity contribution < 1.29 is 0 Å². The molecule has 3 rings (SSSR count). The summed E-state index contributed by atoms with van der Waals surface area (Å²) in [6, 6.07) is 9.94. The number of nitrogens with two attached hydrogens (primary N) is 1. The summed E-state index contributed by atoms with van der Waals surface area (Å²) >= 11 is 0. The molecule has 3 N–H and O–H groups in total. The Morgan fingerprint density at radius 2 is 2.07 bits per heavy atom. The van der Waals surface area contributed by atoms with Crippen LogP contribution in [-0.2, 0) is 6.42 Å². The van der Waals surface area contributed by atoms with Crippen LogP contribution in [0.2, 0.25) is 0 Å². The van der Waals surface area contributed by atoms with Gasteiger partial charge in [-0.1, -0.05) is 29.8 Å². The van der Waals surface area contributed by atoms with Crippen molar-refractivity contribution in [2.24, 2.45) is 17.6 Å². The van der Waals surface area contributed by atoms with Gasteiger partial charge in [-0.15, -0.1) is 0 Å². The quantitative estimate of drug-likeness (QED) is 0.753. The number of nitrogens with one attached hydrogen (secondary N) is 1. The molecule has 0 radical (unpaired) electrons. The topological polar surface area (TPSA) is 38.0 Å². The predicted octanol–water partition coefficient (Wildman–Crippen LogP) is 1.08. The van der Waals surface area contributed by atoms with Crippen molar-refractivity contribution in [2.45, 2.75) is 25.4 Å². The van der Waals surface area contributed by atoms with E-state index in [-0.39, 0.29) is 0 Å².